The Morgan fingerprint density at radius 2 is 2.22 bits per heavy atom. The number of hydrogen-bond donors (Lipinski definition) is 3. The number of carbonyl (C=O) groups excluding carboxylic acids is 1. The smallest absolute Gasteiger partial charge is 0.277 e. The topological polar surface area (TPSA) is 114 Å². The predicted molar refractivity (Wildman–Crippen MR) is 82.3 cm³/mol. The summed E-state index contributed by atoms with van der Waals surface area (Å²) in [4.78, 5) is 20.1. The third kappa shape index (κ3) is 2.79. The van der Waals surface area contributed by atoms with Gasteiger partial charge in [0.05, 0.1) is 0 Å². The van der Waals surface area contributed by atoms with Crippen LogP contribution in [-0.2, 0) is 0 Å². The number of aromatic amines is 1. The number of anilines is 3. The monoisotopic (exact) mass is 330 g/mol. The Labute approximate surface area is 133 Å². The van der Waals surface area contributed by atoms with E-state index < -0.39 is 0 Å². The molecule has 10 heteroatoms. The number of thiazole rings is 1. The standard InChI is InChI=1S/C13H10N6O3S/c20-11(18-12-14-5-15-19-12)8-4-23-13(17-8)16-7-1-2-9-10(3-7)22-6-21-9/h1-5H,6H2,(H,16,17)(H2,14,15,18,19,20). The highest BCUT2D eigenvalue weighted by Gasteiger charge is 2.15. The van der Waals surface area contributed by atoms with Gasteiger partial charge in [-0.15, -0.1) is 11.3 Å². The van der Waals surface area contributed by atoms with Gasteiger partial charge in [-0.05, 0) is 12.1 Å². The van der Waals surface area contributed by atoms with Crippen LogP contribution in [-0.4, -0.2) is 32.9 Å². The Hall–Kier alpha value is -3.14. The van der Waals surface area contributed by atoms with E-state index in [1.54, 1.807) is 5.38 Å². The lowest BCUT2D eigenvalue weighted by atomic mass is 10.3. The van der Waals surface area contributed by atoms with Crippen LogP contribution in [0.25, 0.3) is 0 Å². The summed E-state index contributed by atoms with van der Waals surface area (Å²) in [5, 5.41) is 14.1. The van der Waals surface area contributed by atoms with Crippen LogP contribution in [0.2, 0.25) is 0 Å². The van der Waals surface area contributed by atoms with Crippen molar-refractivity contribution in [2.75, 3.05) is 17.4 Å². The van der Waals surface area contributed by atoms with E-state index in [9.17, 15) is 4.79 Å². The molecule has 1 amide bonds. The van der Waals surface area contributed by atoms with E-state index >= 15 is 0 Å². The van der Waals surface area contributed by atoms with Gasteiger partial charge in [-0.25, -0.2) is 10.1 Å². The normalized spacial score (nSPS) is 12.2. The van der Waals surface area contributed by atoms with Crippen molar-refractivity contribution in [3.8, 4) is 11.5 Å². The molecule has 23 heavy (non-hydrogen) atoms. The third-order valence-corrected chi connectivity index (χ3v) is 3.77. The second-order valence-electron chi connectivity index (χ2n) is 4.52. The van der Waals surface area contributed by atoms with Gasteiger partial charge in [0.25, 0.3) is 5.91 Å². The van der Waals surface area contributed by atoms with Gasteiger partial charge in [0.1, 0.15) is 12.0 Å². The summed E-state index contributed by atoms with van der Waals surface area (Å²) in [6.07, 6.45) is 1.31. The van der Waals surface area contributed by atoms with E-state index in [-0.39, 0.29) is 24.3 Å². The third-order valence-electron chi connectivity index (χ3n) is 3.01. The van der Waals surface area contributed by atoms with Crippen molar-refractivity contribution >= 4 is 34.0 Å². The fraction of sp³-hybridized carbons (Fsp3) is 0.0769. The van der Waals surface area contributed by atoms with Crippen LogP contribution in [0.15, 0.2) is 29.9 Å². The second-order valence-corrected chi connectivity index (χ2v) is 5.38. The van der Waals surface area contributed by atoms with Crippen LogP contribution in [0, 0.1) is 0 Å². The molecule has 1 aromatic carbocycles. The van der Waals surface area contributed by atoms with Crippen LogP contribution in [0.4, 0.5) is 16.8 Å². The fourth-order valence-corrected chi connectivity index (χ4v) is 2.68. The zero-order chi connectivity index (χ0) is 15.6. The number of nitrogens with zero attached hydrogens (tertiary/aromatic N) is 3. The minimum absolute atomic E-state index is 0.224. The summed E-state index contributed by atoms with van der Waals surface area (Å²) in [5.41, 5.74) is 1.08. The Morgan fingerprint density at radius 1 is 1.30 bits per heavy atom. The quantitative estimate of drug-likeness (QED) is 0.670. The molecule has 0 saturated carbocycles. The summed E-state index contributed by atoms with van der Waals surface area (Å²) >= 11 is 1.32. The maximum Gasteiger partial charge on any atom is 0.277 e. The van der Waals surface area contributed by atoms with Gasteiger partial charge in [0.2, 0.25) is 12.7 Å². The molecule has 2 aromatic heterocycles. The maximum absolute atomic E-state index is 12.0. The number of benzene rings is 1. The number of hydrogen-bond acceptors (Lipinski definition) is 8. The molecule has 0 atom stereocenters. The van der Waals surface area contributed by atoms with Gasteiger partial charge in [0, 0.05) is 17.1 Å². The van der Waals surface area contributed by atoms with E-state index in [1.165, 1.54) is 17.7 Å². The van der Waals surface area contributed by atoms with Crippen molar-refractivity contribution < 1.29 is 14.3 Å². The van der Waals surface area contributed by atoms with Gasteiger partial charge in [-0.2, -0.15) is 10.1 Å². The molecule has 3 aromatic rings. The number of rotatable bonds is 4. The van der Waals surface area contributed by atoms with Crippen molar-refractivity contribution in [3.05, 3.63) is 35.6 Å². The SMILES string of the molecule is O=C(Nc1ncn[nH]1)c1csc(Nc2ccc3c(c2)OCO3)n1. The summed E-state index contributed by atoms with van der Waals surface area (Å²) in [7, 11) is 0. The van der Waals surface area contributed by atoms with Gasteiger partial charge in [-0.1, -0.05) is 0 Å². The molecular formula is C13H10N6O3S. The molecule has 0 fully saturated rings. The van der Waals surface area contributed by atoms with E-state index in [4.69, 9.17) is 9.47 Å². The largest absolute Gasteiger partial charge is 0.454 e. The van der Waals surface area contributed by atoms with Crippen molar-refractivity contribution in [1.29, 1.82) is 0 Å². The Kier molecular flexibility index (Phi) is 3.27. The average molecular weight is 330 g/mol. The highest BCUT2D eigenvalue weighted by atomic mass is 32.1. The summed E-state index contributed by atoms with van der Waals surface area (Å²) in [6, 6.07) is 5.48. The number of fused-ring (bicyclic) bond motifs is 1. The fourth-order valence-electron chi connectivity index (χ4n) is 1.97. The molecule has 0 unspecified atom stereocenters. The number of carbonyl (C=O) groups is 1. The molecule has 1 aliphatic heterocycles. The molecule has 3 N–H and O–H groups in total. The van der Waals surface area contributed by atoms with Crippen molar-refractivity contribution in [2.24, 2.45) is 0 Å². The van der Waals surface area contributed by atoms with Crippen LogP contribution in [0.3, 0.4) is 0 Å². The lowest BCUT2D eigenvalue weighted by Crippen LogP contribution is -2.13. The first-order valence-corrected chi connectivity index (χ1v) is 7.45. The van der Waals surface area contributed by atoms with Crippen LogP contribution < -0.4 is 20.1 Å². The molecular weight excluding hydrogens is 320 g/mol. The molecule has 0 spiro atoms. The highest BCUT2D eigenvalue weighted by molar-refractivity contribution is 7.14. The first-order valence-electron chi connectivity index (χ1n) is 6.57. The van der Waals surface area contributed by atoms with E-state index in [0.29, 0.717) is 16.6 Å². The second kappa shape index (κ2) is 5.57. The highest BCUT2D eigenvalue weighted by Crippen LogP contribution is 2.35. The van der Waals surface area contributed by atoms with Crippen LogP contribution in [0.1, 0.15) is 10.5 Å². The number of aromatic nitrogens is 4. The van der Waals surface area contributed by atoms with E-state index in [0.717, 1.165) is 5.69 Å². The van der Waals surface area contributed by atoms with Gasteiger partial charge >= 0.3 is 0 Å². The minimum atomic E-state index is -0.364. The molecule has 1 aliphatic rings. The molecule has 3 heterocycles. The maximum atomic E-state index is 12.0. The molecule has 0 radical (unpaired) electrons. The molecule has 9 nitrogen and oxygen atoms in total. The average Bonchev–Trinajstić information content (AvgIpc) is 3.27. The zero-order valence-corrected chi connectivity index (χ0v) is 12.4. The van der Waals surface area contributed by atoms with E-state index in [2.05, 4.69) is 30.8 Å². The first kappa shape index (κ1) is 13.5. The number of ether oxygens (including phenoxy) is 2. The Bertz CT molecular complexity index is 847. The van der Waals surface area contributed by atoms with Gasteiger partial charge < -0.3 is 14.8 Å². The predicted octanol–water partition coefficient (Wildman–Crippen LogP) is 1.99. The van der Waals surface area contributed by atoms with Gasteiger partial charge in [0.15, 0.2) is 16.6 Å². The Balaban J connectivity index is 1.46. The minimum Gasteiger partial charge on any atom is -0.454 e. The zero-order valence-electron chi connectivity index (χ0n) is 11.6. The van der Waals surface area contributed by atoms with Crippen molar-refractivity contribution in [1.82, 2.24) is 20.2 Å². The van der Waals surface area contributed by atoms with Gasteiger partial charge in [-0.3, -0.25) is 10.1 Å². The molecule has 4 rings (SSSR count). The summed E-state index contributed by atoms with van der Waals surface area (Å²) in [6.45, 7) is 0.224. The van der Waals surface area contributed by atoms with Crippen LogP contribution in [0.5, 0.6) is 11.5 Å². The van der Waals surface area contributed by atoms with Crippen LogP contribution >= 0.6 is 11.3 Å². The lowest BCUT2D eigenvalue weighted by Gasteiger charge is -2.03. The molecule has 0 aliphatic carbocycles. The summed E-state index contributed by atoms with van der Waals surface area (Å²) < 4.78 is 10.6. The lowest BCUT2D eigenvalue weighted by molar-refractivity contribution is 0.102. The molecule has 0 saturated heterocycles. The Morgan fingerprint density at radius 3 is 3.09 bits per heavy atom. The van der Waals surface area contributed by atoms with Crippen molar-refractivity contribution in [3.63, 3.8) is 0 Å². The first-order chi connectivity index (χ1) is 11.3. The molecule has 0 bridgehead atoms. The summed E-state index contributed by atoms with van der Waals surface area (Å²) in [5.74, 6) is 1.29. The molecule has 116 valence electrons. The van der Waals surface area contributed by atoms with Crippen molar-refractivity contribution in [2.45, 2.75) is 0 Å². The number of nitrogens with one attached hydrogen (secondary N) is 3. The van der Waals surface area contributed by atoms with E-state index in [1.807, 2.05) is 18.2 Å². The number of H-pyrrole nitrogens is 1. The number of amides is 1.